The van der Waals surface area contributed by atoms with Crippen LogP contribution in [0.1, 0.15) is 37.6 Å². The molecule has 5 N–H and O–H groups in total. The number of nitrogens with two attached hydrogens (primary N) is 1. The lowest BCUT2D eigenvalue weighted by Gasteiger charge is -2.22. The maximum Gasteiger partial charge on any atom is 0.312 e. The molecule has 1 aromatic rings. The highest BCUT2D eigenvalue weighted by Gasteiger charge is 2.25. The first kappa shape index (κ1) is 19.3. The molecule has 0 aromatic heterocycles. The summed E-state index contributed by atoms with van der Waals surface area (Å²) in [4.78, 5) is 35.2. The number of amides is 4. The Morgan fingerprint density at radius 1 is 1.12 bits per heavy atom. The van der Waals surface area contributed by atoms with Crippen molar-refractivity contribution in [3.05, 3.63) is 29.8 Å². The van der Waals surface area contributed by atoms with Crippen LogP contribution < -0.4 is 26.6 Å². The van der Waals surface area contributed by atoms with Gasteiger partial charge in [-0.3, -0.25) is 20.4 Å². The molecule has 0 aliphatic carbocycles. The molecule has 1 rings (SSSR count). The summed E-state index contributed by atoms with van der Waals surface area (Å²) in [6.45, 7) is 6.08. The summed E-state index contributed by atoms with van der Waals surface area (Å²) in [6, 6.07) is 4.87. The predicted octanol–water partition coefficient (Wildman–Crippen LogP) is 0.929. The molecule has 0 aliphatic heterocycles. The van der Waals surface area contributed by atoms with E-state index in [0.717, 1.165) is 0 Å². The maximum atomic E-state index is 12.1. The molecule has 4 amide bonds. The Hall–Kier alpha value is -2.77. The summed E-state index contributed by atoms with van der Waals surface area (Å²) < 4.78 is 5.29. The normalized spacial score (nSPS) is 12.6. The predicted molar refractivity (Wildman–Crippen MR) is 89.2 cm³/mol. The molecule has 0 unspecified atom stereocenters. The van der Waals surface area contributed by atoms with E-state index in [0.29, 0.717) is 24.3 Å². The number of hydrazine groups is 1. The van der Waals surface area contributed by atoms with Crippen LogP contribution in [0.5, 0.6) is 5.75 Å². The van der Waals surface area contributed by atoms with Crippen molar-refractivity contribution in [3.8, 4) is 5.75 Å². The molecule has 8 heteroatoms. The van der Waals surface area contributed by atoms with Crippen molar-refractivity contribution in [1.82, 2.24) is 16.2 Å². The molecule has 0 aliphatic rings. The van der Waals surface area contributed by atoms with E-state index in [-0.39, 0.29) is 5.92 Å². The average molecular weight is 336 g/mol. The first-order valence-electron chi connectivity index (χ1n) is 7.78. The molecule has 1 aromatic carbocycles. The minimum atomic E-state index is -0.826. The zero-order chi connectivity index (χ0) is 18.1. The summed E-state index contributed by atoms with van der Waals surface area (Å²) in [5, 5.41) is 2.37. The monoisotopic (exact) mass is 336 g/mol. The van der Waals surface area contributed by atoms with Crippen molar-refractivity contribution in [3.63, 3.8) is 0 Å². The van der Waals surface area contributed by atoms with Crippen molar-refractivity contribution >= 4 is 17.8 Å². The fraction of sp³-hybridized carbons (Fsp3) is 0.438. The van der Waals surface area contributed by atoms with E-state index in [1.807, 2.05) is 13.8 Å². The van der Waals surface area contributed by atoms with Gasteiger partial charge in [0.2, 0.25) is 0 Å². The van der Waals surface area contributed by atoms with Gasteiger partial charge in [-0.15, -0.1) is 0 Å². The number of carbonyl (C=O) groups is 3. The summed E-state index contributed by atoms with van der Waals surface area (Å²) >= 11 is 0. The van der Waals surface area contributed by atoms with Crippen molar-refractivity contribution in [1.29, 1.82) is 0 Å². The number of primary amides is 1. The van der Waals surface area contributed by atoms with Crippen LogP contribution in [0.4, 0.5) is 4.79 Å². The Kier molecular flexibility index (Phi) is 7.54. The van der Waals surface area contributed by atoms with Gasteiger partial charge in [-0.25, -0.2) is 4.79 Å². The van der Waals surface area contributed by atoms with E-state index in [9.17, 15) is 14.4 Å². The van der Waals surface area contributed by atoms with E-state index in [4.69, 9.17) is 10.5 Å². The Labute approximate surface area is 141 Å². The van der Waals surface area contributed by atoms with Crippen LogP contribution >= 0.6 is 0 Å². The SMILES string of the molecule is CCOc1ccc(C(=O)NNC(=O)[C@@H](NC(N)=O)[C@@H](C)CC)cc1. The number of rotatable bonds is 7. The molecule has 0 spiro atoms. The number of hydrogen-bond donors (Lipinski definition) is 4. The second-order valence-electron chi connectivity index (χ2n) is 5.27. The van der Waals surface area contributed by atoms with Crippen LogP contribution in [-0.2, 0) is 4.79 Å². The molecule has 8 nitrogen and oxygen atoms in total. The molecule has 0 heterocycles. The number of hydrogen-bond acceptors (Lipinski definition) is 4. The molecule has 0 fully saturated rings. The number of nitrogens with one attached hydrogen (secondary N) is 3. The standard InChI is InChI=1S/C16H24N4O4/c1-4-10(3)13(18-16(17)23)15(22)20-19-14(21)11-6-8-12(9-7-11)24-5-2/h6-10,13H,4-5H2,1-3H3,(H,19,21)(H,20,22)(H3,17,18,23)/t10-,13-/m0/s1. The van der Waals surface area contributed by atoms with Gasteiger partial charge in [0.25, 0.3) is 11.8 Å². The van der Waals surface area contributed by atoms with Gasteiger partial charge in [-0.1, -0.05) is 20.3 Å². The third-order valence-electron chi connectivity index (χ3n) is 3.52. The highest BCUT2D eigenvalue weighted by Crippen LogP contribution is 2.12. The summed E-state index contributed by atoms with van der Waals surface area (Å²) in [5.74, 6) is -0.503. The van der Waals surface area contributed by atoms with Crippen molar-refractivity contribution in [2.24, 2.45) is 11.7 Å². The fourth-order valence-electron chi connectivity index (χ4n) is 1.99. The highest BCUT2D eigenvalue weighted by molar-refractivity contribution is 5.96. The molecule has 2 atom stereocenters. The maximum absolute atomic E-state index is 12.1. The Balaban J connectivity index is 2.63. The topological polar surface area (TPSA) is 123 Å². The van der Waals surface area contributed by atoms with Gasteiger partial charge in [0.15, 0.2) is 0 Å². The summed E-state index contributed by atoms with van der Waals surface area (Å²) in [6.07, 6.45) is 0.658. The summed E-state index contributed by atoms with van der Waals surface area (Å²) in [7, 11) is 0. The van der Waals surface area contributed by atoms with Crippen LogP contribution in [0.3, 0.4) is 0 Å². The van der Waals surface area contributed by atoms with E-state index >= 15 is 0 Å². The van der Waals surface area contributed by atoms with Gasteiger partial charge in [-0.05, 0) is 37.1 Å². The molecular weight excluding hydrogens is 312 g/mol. The molecule has 132 valence electrons. The van der Waals surface area contributed by atoms with Crippen LogP contribution in [0.25, 0.3) is 0 Å². The second-order valence-corrected chi connectivity index (χ2v) is 5.27. The van der Waals surface area contributed by atoms with Gasteiger partial charge < -0.3 is 15.8 Å². The molecule has 24 heavy (non-hydrogen) atoms. The quantitative estimate of drug-likeness (QED) is 0.553. The number of urea groups is 1. The number of benzene rings is 1. The minimum Gasteiger partial charge on any atom is -0.494 e. The summed E-state index contributed by atoms with van der Waals surface area (Å²) in [5.41, 5.74) is 10.1. The van der Waals surface area contributed by atoms with Gasteiger partial charge >= 0.3 is 6.03 Å². The Morgan fingerprint density at radius 3 is 2.25 bits per heavy atom. The van der Waals surface area contributed by atoms with Crippen molar-refractivity contribution in [2.75, 3.05) is 6.61 Å². The lowest BCUT2D eigenvalue weighted by Crippen LogP contribution is -2.55. The number of carbonyl (C=O) groups excluding carboxylic acids is 3. The van der Waals surface area contributed by atoms with E-state index in [2.05, 4.69) is 16.2 Å². The van der Waals surface area contributed by atoms with E-state index in [1.54, 1.807) is 31.2 Å². The Bertz CT molecular complexity index is 574. The first-order chi connectivity index (χ1) is 11.4. The Morgan fingerprint density at radius 2 is 1.75 bits per heavy atom. The van der Waals surface area contributed by atoms with Gasteiger partial charge in [-0.2, -0.15) is 0 Å². The van der Waals surface area contributed by atoms with Crippen LogP contribution in [0.15, 0.2) is 24.3 Å². The zero-order valence-electron chi connectivity index (χ0n) is 14.1. The van der Waals surface area contributed by atoms with Gasteiger partial charge in [0, 0.05) is 5.56 Å². The van der Waals surface area contributed by atoms with Gasteiger partial charge in [0.05, 0.1) is 6.61 Å². The lowest BCUT2D eigenvalue weighted by atomic mass is 9.99. The lowest BCUT2D eigenvalue weighted by molar-refractivity contribution is -0.124. The highest BCUT2D eigenvalue weighted by atomic mass is 16.5. The minimum absolute atomic E-state index is 0.139. The van der Waals surface area contributed by atoms with Crippen molar-refractivity contribution in [2.45, 2.75) is 33.2 Å². The van der Waals surface area contributed by atoms with E-state index in [1.165, 1.54) is 0 Å². The van der Waals surface area contributed by atoms with Crippen LogP contribution in [0, 0.1) is 5.92 Å². The molecule has 0 saturated carbocycles. The van der Waals surface area contributed by atoms with Crippen LogP contribution in [0.2, 0.25) is 0 Å². The number of ether oxygens (including phenoxy) is 1. The largest absolute Gasteiger partial charge is 0.494 e. The molecule has 0 bridgehead atoms. The zero-order valence-corrected chi connectivity index (χ0v) is 14.1. The molecule has 0 saturated heterocycles. The molecular formula is C16H24N4O4. The van der Waals surface area contributed by atoms with Crippen LogP contribution in [-0.4, -0.2) is 30.5 Å². The smallest absolute Gasteiger partial charge is 0.312 e. The fourth-order valence-corrected chi connectivity index (χ4v) is 1.99. The third-order valence-corrected chi connectivity index (χ3v) is 3.52. The first-order valence-corrected chi connectivity index (χ1v) is 7.78. The van der Waals surface area contributed by atoms with Gasteiger partial charge in [0.1, 0.15) is 11.8 Å². The second kappa shape index (κ2) is 9.39. The third kappa shape index (κ3) is 5.79. The average Bonchev–Trinajstić information content (AvgIpc) is 2.57. The molecule has 0 radical (unpaired) electrons. The van der Waals surface area contributed by atoms with E-state index < -0.39 is 23.9 Å². The van der Waals surface area contributed by atoms with Crippen molar-refractivity contribution < 1.29 is 19.1 Å².